The Bertz CT molecular complexity index is 2210. The predicted octanol–water partition coefficient (Wildman–Crippen LogP) is 9.58. The van der Waals surface area contributed by atoms with E-state index in [9.17, 15) is 14.7 Å². The third-order valence-corrected chi connectivity index (χ3v) is 12.0. The molecule has 2 heterocycles. The molecule has 2 amide bonds. The lowest BCUT2D eigenvalue weighted by molar-refractivity contribution is -0.245. The number of rotatable bonds is 16. The summed E-state index contributed by atoms with van der Waals surface area (Å²) in [5.74, 6) is 0.646. The first-order chi connectivity index (χ1) is 27.4. The van der Waals surface area contributed by atoms with Crippen molar-refractivity contribution in [2.45, 2.75) is 74.5 Å². The molecule has 7 rings (SSSR count). The Labute approximate surface area is 335 Å². The number of thiazole rings is 1. The summed E-state index contributed by atoms with van der Waals surface area (Å²) in [6.07, 6.45) is 2.84. The molecule has 0 bridgehead atoms. The van der Waals surface area contributed by atoms with Gasteiger partial charge < -0.3 is 30.9 Å². The van der Waals surface area contributed by atoms with Crippen molar-refractivity contribution in [3.8, 4) is 11.1 Å². The molecule has 0 aliphatic carbocycles. The molecule has 0 radical (unpaired) electrons. The number of ether oxygens (including phenoxy) is 2. The SMILES string of the molecule is Nc1ccccc1NC(=O)CCCCCC(=O)NCc1cccc(-c2cccc([C@H]3O[C@@H](CSc4nc5ccccc5s4)C[C@@H](c4ccc(CO)cc4)O3)c2)c1. The van der Waals surface area contributed by atoms with Gasteiger partial charge in [-0.3, -0.25) is 9.59 Å². The predicted molar refractivity (Wildman–Crippen MR) is 225 cm³/mol. The number of carbonyl (C=O) groups is 2. The highest BCUT2D eigenvalue weighted by Gasteiger charge is 2.32. The molecule has 1 aromatic heterocycles. The highest BCUT2D eigenvalue weighted by molar-refractivity contribution is 8.01. The number of aliphatic hydroxyl groups excluding tert-OH is 1. The van der Waals surface area contributed by atoms with Crippen molar-refractivity contribution >= 4 is 56.5 Å². The number of nitrogen functional groups attached to an aromatic ring is 1. The van der Waals surface area contributed by atoms with E-state index in [0.29, 0.717) is 50.0 Å². The summed E-state index contributed by atoms with van der Waals surface area (Å²) in [6, 6.07) is 39.8. The van der Waals surface area contributed by atoms with Crippen molar-refractivity contribution in [3.63, 3.8) is 0 Å². The number of hydrogen-bond acceptors (Lipinski definition) is 9. The second-order valence-electron chi connectivity index (χ2n) is 13.9. The van der Waals surface area contributed by atoms with E-state index >= 15 is 0 Å². The zero-order valence-electron chi connectivity index (χ0n) is 31.1. The van der Waals surface area contributed by atoms with Gasteiger partial charge in [-0.05, 0) is 77.1 Å². The number of para-hydroxylation sites is 3. The van der Waals surface area contributed by atoms with E-state index in [1.807, 2.05) is 78.9 Å². The second-order valence-corrected chi connectivity index (χ2v) is 16.2. The summed E-state index contributed by atoms with van der Waals surface area (Å²) in [5.41, 5.74) is 14.0. The Morgan fingerprint density at radius 1 is 0.786 bits per heavy atom. The van der Waals surface area contributed by atoms with E-state index in [-0.39, 0.29) is 30.6 Å². The van der Waals surface area contributed by atoms with E-state index in [1.165, 1.54) is 4.70 Å². The number of aromatic nitrogens is 1. The quantitative estimate of drug-likeness (QED) is 0.0433. The van der Waals surface area contributed by atoms with Crippen molar-refractivity contribution < 1.29 is 24.2 Å². The van der Waals surface area contributed by atoms with Crippen LogP contribution in [0, 0.1) is 0 Å². The van der Waals surface area contributed by atoms with Gasteiger partial charge in [0.05, 0.1) is 40.4 Å². The zero-order chi connectivity index (χ0) is 38.7. The zero-order valence-corrected chi connectivity index (χ0v) is 32.7. The van der Waals surface area contributed by atoms with Crippen LogP contribution in [0.15, 0.2) is 126 Å². The van der Waals surface area contributed by atoms with Crippen LogP contribution in [0.5, 0.6) is 0 Å². The molecule has 1 aliphatic rings. The van der Waals surface area contributed by atoms with Crippen LogP contribution in [0.3, 0.4) is 0 Å². The maximum absolute atomic E-state index is 12.7. The molecule has 1 fully saturated rings. The average Bonchev–Trinajstić information content (AvgIpc) is 3.66. The van der Waals surface area contributed by atoms with Gasteiger partial charge in [-0.15, -0.1) is 11.3 Å². The molecule has 0 spiro atoms. The molecule has 0 saturated carbocycles. The van der Waals surface area contributed by atoms with Crippen molar-refractivity contribution in [2.75, 3.05) is 16.8 Å². The van der Waals surface area contributed by atoms with Crippen LogP contribution < -0.4 is 16.4 Å². The Morgan fingerprint density at radius 3 is 2.34 bits per heavy atom. The molecular weight excluding hydrogens is 741 g/mol. The molecule has 3 atom stereocenters. The van der Waals surface area contributed by atoms with Crippen LogP contribution >= 0.6 is 23.1 Å². The van der Waals surface area contributed by atoms with Crippen LogP contribution in [0.2, 0.25) is 0 Å². The third kappa shape index (κ3) is 10.6. The molecule has 11 heteroatoms. The minimum atomic E-state index is -0.577. The number of hydrogen-bond donors (Lipinski definition) is 4. The fraction of sp³-hybridized carbons (Fsp3) is 0.267. The second kappa shape index (κ2) is 19.2. The number of benzene rings is 5. The van der Waals surface area contributed by atoms with Crippen molar-refractivity contribution in [3.05, 3.63) is 144 Å². The number of thioether (sulfide) groups is 1. The number of nitrogens with two attached hydrogens (primary N) is 1. The molecule has 288 valence electrons. The molecule has 9 nitrogen and oxygen atoms in total. The standard InChI is InChI=1S/C45H46N4O5S2/c46-37-14-4-5-15-38(37)48-43(52)19-3-1-2-18-42(51)47-27-31-10-8-11-33(24-31)34-12-9-13-35(25-34)44-53-36(26-40(54-44)32-22-20-30(28-50)21-23-32)29-55-45-49-39-16-6-7-17-41(39)56-45/h4-17,20-25,36,40,44,50H,1-3,18-19,26-29,46H2,(H,47,51)(H,48,52)/t36-,40+,44+/m1/s1. The van der Waals surface area contributed by atoms with Gasteiger partial charge in [0.25, 0.3) is 0 Å². The summed E-state index contributed by atoms with van der Waals surface area (Å²) in [5, 5.41) is 15.5. The molecule has 1 saturated heterocycles. The van der Waals surface area contributed by atoms with Crippen LogP contribution in [0.4, 0.5) is 11.4 Å². The Kier molecular flexibility index (Phi) is 13.4. The largest absolute Gasteiger partial charge is 0.397 e. The Morgan fingerprint density at radius 2 is 1.54 bits per heavy atom. The van der Waals surface area contributed by atoms with Crippen molar-refractivity contribution in [1.82, 2.24) is 10.3 Å². The van der Waals surface area contributed by atoms with Gasteiger partial charge >= 0.3 is 0 Å². The minimum Gasteiger partial charge on any atom is -0.397 e. The lowest BCUT2D eigenvalue weighted by Gasteiger charge is -2.36. The first-order valence-corrected chi connectivity index (χ1v) is 20.8. The summed E-state index contributed by atoms with van der Waals surface area (Å²) in [7, 11) is 0. The number of nitrogens with zero attached hydrogens (tertiary/aromatic N) is 1. The number of amides is 2. The highest BCUT2D eigenvalue weighted by atomic mass is 32.2. The van der Waals surface area contributed by atoms with Gasteiger partial charge in [-0.25, -0.2) is 4.98 Å². The van der Waals surface area contributed by atoms with Crippen LogP contribution in [-0.2, 0) is 32.2 Å². The fourth-order valence-corrected chi connectivity index (χ4v) is 8.80. The van der Waals surface area contributed by atoms with E-state index in [4.69, 9.17) is 20.2 Å². The van der Waals surface area contributed by atoms with E-state index in [1.54, 1.807) is 35.2 Å². The highest BCUT2D eigenvalue weighted by Crippen LogP contribution is 2.41. The number of carbonyl (C=O) groups excluding carboxylic acids is 2. The monoisotopic (exact) mass is 786 g/mol. The van der Waals surface area contributed by atoms with Gasteiger partial charge in [0.15, 0.2) is 10.6 Å². The van der Waals surface area contributed by atoms with Crippen LogP contribution in [0.1, 0.15) is 73.2 Å². The molecular formula is C45H46N4O5S2. The van der Waals surface area contributed by atoms with E-state index < -0.39 is 6.29 Å². The van der Waals surface area contributed by atoms with Gasteiger partial charge in [-0.1, -0.05) is 103 Å². The Balaban J connectivity index is 0.943. The lowest BCUT2D eigenvalue weighted by atomic mass is 9.99. The first-order valence-electron chi connectivity index (χ1n) is 19.0. The van der Waals surface area contributed by atoms with Crippen LogP contribution in [0.25, 0.3) is 21.3 Å². The summed E-state index contributed by atoms with van der Waals surface area (Å²) < 4.78 is 15.5. The molecule has 5 aromatic carbocycles. The van der Waals surface area contributed by atoms with Gasteiger partial charge in [0.1, 0.15) is 0 Å². The third-order valence-electron chi connectivity index (χ3n) is 9.73. The van der Waals surface area contributed by atoms with Gasteiger partial charge in [0, 0.05) is 37.1 Å². The van der Waals surface area contributed by atoms with Crippen molar-refractivity contribution in [1.29, 1.82) is 0 Å². The molecule has 5 N–H and O–H groups in total. The number of aliphatic hydroxyl groups is 1. The fourth-order valence-electron chi connectivity index (χ4n) is 6.69. The Hall–Kier alpha value is -5.04. The first kappa shape index (κ1) is 39.2. The number of anilines is 2. The van der Waals surface area contributed by atoms with Crippen molar-refractivity contribution in [2.24, 2.45) is 0 Å². The summed E-state index contributed by atoms with van der Waals surface area (Å²) in [6.45, 7) is 0.418. The van der Waals surface area contributed by atoms with Crippen LogP contribution in [-0.4, -0.2) is 33.8 Å². The lowest BCUT2D eigenvalue weighted by Crippen LogP contribution is -2.31. The molecule has 0 unspecified atom stereocenters. The summed E-state index contributed by atoms with van der Waals surface area (Å²) in [4.78, 5) is 29.8. The summed E-state index contributed by atoms with van der Waals surface area (Å²) >= 11 is 3.41. The maximum Gasteiger partial charge on any atom is 0.224 e. The number of unbranched alkanes of at least 4 members (excludes halogenated alkanes) is 2. The normalized spacial score (nSPS) is 16.8. The van der Waals surface area contributed by atoms with E-state index in [2.05, 4.69) is 41.0 Å². The average molecular weight is 787 g/mol. The maximum atomic E-state index is 12.7. The number of fused-ring (bicyclic) bond motifs is 1. The smallest absolute Gasteiger partial charge is 0.224 e. The van der Waals surface area contributed by atoms with E-state index in [0.717, 1.165) is 55.4 Å². The molecule has 56 heavy (non-hydrogen) atoms. The van der Waals surface area contributed by atoms with Gasteiger partial charge in [0.2, 0.25) is 11.8 Å². The topological polar surface area (TPSA) is 136 Å². The number of nitrogens with one attached hydrogen (secondary N) is 2. The van der Waals surface area contributed by atoms with Gasteiger partial charge in [-0.2, -0.15) is 0 Å². The molecule has 6 aromatic rings. The molecule has 1 aliphatic heterocycles. The minimum absolute atomic E-state index is 0.00506.